The molecule has 0 aromatic heterocycles. The number of rotatable bonds is 48. The standard InChI is InChI=1S/C57H100O12S/c1-3-5-7-9-11-13-15-17-19-21-22-23-24-25-26-27-28-29-31-33-35-37-39-41-43-45-47-65-49-51(50-66-57-55(61)56(69-70(62,63)64)54(60)52(48-58)68-57)67-53(59)46-44-42-40-38-36-34-32-30-20-18-16-14-12-10-8-6-4-2/h6,8,12,14-15,17-18,20-22,24-25,51-52,54-58,60-61H,3-5,7,9-11,13,16,19,23,26-50H2,1-2H3,(H,62,63,64)/b8-6-,14-12-,17-15-,20-18-,22-21-,25-24-. The maximum atomic E-state index is 12.9. The van der Waals surface area contributed by atoms with Gasteiger partial charge in [0.15, 0.2) is 6.29 Å². The molecule has 6 unspecified atom stereocenters. The Morgan fingerprint density at radius 3 is 1.44 bits per heavy atom. The van der Waals surface area contributed by atoms with Crippen LogP contribution >= 0.6 is 0 Å². The molecule has 1 heterocycles. The van der Waals surface area contributed by atoms with Crippen LogP contribution in [0.15, 0.2) is 72.9 Å². The zero-order chi connectivity index (χ0) is 51.0. The van der Waals surface area contributed by atoms with E-state index in [9.17, 15) is 33.1 Å². The van der Waals surface area contributed by atoms with Gasteiger partial charge in [-0.15, -0.1) is 0 Å². The topological polar surface area (TPSA) is 178 Å². The van der Waals surface area contributed by atoms with E-state index >= 15 is 0 Å². The number of allylic oxidation sites excluding steroid dienone is 12. The molecule has 0 amide bonds. The number of hydrogen-bond acceptors (Lipinski definition) is 11. The molecule has 1 fully saturated rings. The normalized spacial score (nSPS) is 19.7. The first-order chi connectivity index (χ1) is 34.1. The average Bonchev–Trinajstić information content (AvgIpc) is 3.34. The zero-order valence-electron chi connectivity index (χ0n) is 43.8. The van der Waals surface area contributed by atoms with Crippen molar-refractivity contribution in [3.8, 4) is 0 Å². The summed E-state index contributed by atoms with van der Waals surface area (Å²) in [5.74, 6) is -0.411. The molecule has 0 saturated carbocycles. The number of ether oxygens (including phenoxy) is 4. The maximum Gasteiger partial charge on any atom is 0.397 e. The predicted octanol–water partition coefficient (Wildman–Crippen LogP) is 13.4. The molecule has 1 aliphatic heterocycles. The van der Waals surface area contributed by atoms with Gasteiger partial charge in [-0.1, -0.05) is 202 Å². The van der Waals surface area contributed by atoms with E-state index in [-0.39, 0.29) is 19.6 Å². The third kappa shape index (κ3) is 40.1. The van der Waals surface area contributed by atoms with Crippen molar-refractivity contribution in [2.24, 2.45) is 0 Å². The molecule has 0 radical (unpaired) electrons. The van der Waals surface area contributed by atoms with Crippen LogP contribution in [0, 0.1) is 0 Å². The van der Waals surface area contributed by atoms with Crippen LogP contribution in [0.3, 0.4) is 0 Å². The Balaban J connectivity index is 2.31. The second kappa shape index (κ2) is 47.5. The van der Waals surface area contributed by atoms with Crippen molar-refractivity contribution in [2.45, 2.75) is 256 Å². The molecular formula is C57H100O12S. The summed E-state index contributed by atoms with van der Waals surface area (Å²) in [5, 5.41) is 30.8. The van der Waals surface area contributed by atoms with Crippen molar-refractivity contribution in [1.29, 1.82) is 0 Å². The zero-order valence-corrected chi connectivity index (χ0v) is 44.6. The molecule has 1 rings (SSSR count). The fourth-order valence-corrected chi connectivity index (χ4v) is 8.67. The van der Waals surface area contributed by atoms with Gasteiger partial charge in [0.2, 0.25) is 0 Å². The van der Waals surface area contributed by atoms with E-state index in [2.05, 4.69) is 90.9 Å². The molecule has 12 nitrogen and oxygen atoms in total. The van der Waals surface area contributed by atoms with E-state index in [4.69, 9.17) is 18.9 Å². The first-order valence-electron chi connectivity index (χ1n) is 27.7. The van der Waals surface area contributed by atoms with Gasteiger partial charge >= 0.3 is 16.4 Å². The van der Waals surface area contributed by atoms with Gasteiger partial charge in [0.05, 0.1) is 19.8 Å². The third-order valence-electron chi connectivity index (χ3n) is 12.3. The summed E-state index contributed by atoms with van der Waals surface area (Å²) in [6.45, 7) is 3.86. The summed E-state index contributed by atoms with van der Waals surface area (Å²) in [6, 6.07) is 0. The highest BCUT2D eigenvalue weighted by Gasteiger charge is 2.48. The van der Waals surface area contributed by atoms with Gasteiger partial charge in [0.1, 0.15) is 30.5 Å². The molecule has 0 spiro atoms. The summed E-state index contributed by atoms with van der Waals surface area (Å²) in [7, 11) is -5.07. The minimum Gasteiger partial charge on any atom is -0.457 e. The fourth-order valence-electron chi connectivity index (χ4n) is 8.17. The van der Waals surface area contributed by atoms with Gasteiger partial charge in [-0.25, -0.2) is 4.18 Å². The first-order valence-corrected chi connectivity index (χ1v) is 29.1. The van der Waals surface area contributed by atoms with Gasteiger partial charge in [-0.05, 0) is 83.5 Å². The number of carbonyl (C=O) groups excluding carboxylic acids is 1. The molecule has 406 valence electrons. The largest absolute Gasteiger partial charge is 0.457 e. The van der Waals surface area contributed by atoms with Crippen molar-refractivity contribution in [2.75, 3.05) is 26.4 Å². The number of hydrogen-bond donors (Lipinski definition) is 4. The molecular weight excluding hydrogens is 909 g/mol. The van der Waals surface area contributed by atoms with E-state index in [1.54, 1.807) is 0 Å². The first kappa shape index (κ1) is 65.6. The Hall–Kier alpha value is -2.46. The lowest BCUT2D eigenvalue weighted by Crippen LogP contribution is -2.60. The number of aliphatic hydroxyl groups excluding tert-OH is 3. The Bertz CT molecular complexity index is 1490. The molecule has 0 aromatic carbocycles. The summed E-state index contributed by atoms with van der Waals surface area (Å²) >= 11 is 0. The lowest BCUT2D eigenvalue weighted by Gasteiger charge is -2.41. The van der Waals surface area contributed by atoms with Crippen molar-refractivity contribution < 1.29 is 56.2 Å². The van der Waals surface area contributed by atoms with Crippen LogP contribution in [-0.2, 0) is 38.3 Å². The fraction of sp³-hybridized carbons (Fsp3) is 0.772. The highest BCUT2D eigenvalue weighted by molar-refractivity contribution is 7.80. The summed E-state index contributed by atoms with van der Waals surface area (Å²) in [4.78, 5) is 12.9. The predicted molar refractivity (Wildman–Crippen MR) is 285 cm³/mol. The van der Waals surface area contributed by atoms with Gasteiger partial charge in [-0.3, -0.25) is 9.35 Å². The van der Waals surface area contributed by atoms with Crippen LogP contribution in [0.4, 0.5) is 0 Å². The average molecular weight is 1010 g/mol. The summed E-state index contributed by atoms with van der Waals surface area (Å²) in [5.41, 5.74) is 0. The highest BCUT2D eigenvalue weighted by Crippen LogP contribution is 2.26. The van der Waals surface area contributed by atoms with Crippen molar-refractivity contribution in [3.63, 3.8) is 0 Å². The quantitative estimate of drug-likeness (QED) is 0.0197. The molecule has 4 N–H and O–H groups in total. The van der Waals surface area contributed by atoms with Crippen LogP contribution in [0.1, 0.15) is 219 Å². The van der Waals surface area contributed by atoms with Gasteiger partial charge in [0.25, 0.3) is 0 Å². The minimum absolute atomic E-state index is 0.0270. The van der Waals surface area contributed by atoms with E-state index in [1.165, 1.54) is 109 Å². The Morgan fingerprint density at radius 1 is 0.557 bits per heavy atom. The Kier molecular flexibility index (Phi) is 44.5. The lowest BCUT2D eigenvalue weighted by molar-refractivity contribution is -0.301. The van der Waals surface area contributed by atoms with Crippen molar-refractivity contribution >= 4 is 16.4 Å². The molecule has 70 heavy (non-hydrogen) atoms. The van der Waals surface area contributed by atoms with Gasteiger partial charge in [0, 0.05) is 13.0 Å². The van der Waals surface area contributed by atoms with Gasteiger partial charge in [-0.2, -0.15) is 8.42 Å². The maximum absolute atomic E-state index is 12.9. The van der Waals surface area contributed by atoms with Crippen molar-refractivity contribution in [3.05, 3.63) is 72.9 Å². The highest BCUT2D eigenvalue weighted by atomic mass is 32.3. The third-order valence-corrected chi connectivity index (χ3v) is 12.8. The van der Waals surface area contributed by atoms with Crippen molar-refractivity contribution in [1.82, 2.24) is 0 Å². The summed E-state index contributed by atoms with van der Waals surface area (Å²) < 4.78 is 59.3. The number of esters is 1. The monoisotopic (exact) mass is 1010 g/mol. The second-order valence-electron chi connectivity index (χ2n) is 18.8. The Morgan fingerprint density at radius 2 is 0.986 bits per heavy atom. The minimum atomic E-state index is -5.07. The molecule has 1 aliphatic rings. The summed E-state index contributed by atoms with van der Waals surface area (Å²) in [6.07, 6.45) is 53.6. The van der Waals surface area contributed by atoms with E-state index in [0.29, 0.717) is 13.0 Å². The van der Waals surface area contributed by atoms with E-state index < -0.39 is 59.8 Å². The lowest BCUT2D eigenvalue weighted by atomic mass is 9.99. The SMILES string of the molecule is CC/C=C\C/C=C\C/C=C\CCCCCCCCCC(=O)OC(COCCCCCCCCCCCCC/C=C\C/C=C\C/C=C\CCCCCCC)COC1OC(CO)C(O)C(OS(=O)(=O)O)C1O. The van der Waals surface area contributed by atoms with E-state index in [1.807, 2.05) is 0 Å². The van der Waals surface area contributed by atoms with Crippen LogP contribution in [0.25, 0.3) is 0 Å². The smallest absolute Gasteiger partial charge is 0.397 e. The van der Waals surface area contributed by atoms with Gasteiger partial charge < -0.3 is 34.3 Å². The molecule has 0 bridgehead atoms. The van der Waals surface area contributed by atoms with E-state index in [0.717, 1.165) is 83.5 Å². The number of unbranched alkanes of at least 4 members (excludes halogenated alkanes) is 23. The molecule has 1 saturated heterocycles. The molecule has 13 heteroatoms. The van der Waals surface area contributed by atoms with Crippen LogP contribution < -0.4 is 0 Å². The number of carbonyl (C=O) groups is 1. The molecule has 0 aromatic rings. The second-order valence-corrected chi connectivity index (χ2v) is 19.8. The molecule has 6 atom stereocenters. The van der Waals surface area contributed by atoms with Crippen LogP contribution in [0.5, 0.6) is 0 Å². The van der Waals surface area contributed by atoms with Crippen LogP contribution in [0.2, 0.25) is 0 Å². The Labute approximate surface area is 426 Å². The van der Waals surface area contributed by atoms with Crippen LogP contribution in [-0.4, -0.2) is 97.5 Å². The number of aliphatic hydroxyl groups is 3. The molecule has 0 aliphatic carbocycles.